The minimum Gasteiger partial charge on any atom is -0.386 e. The van der Waals surface area contributed by atoms with E-state index in [4.69, 9.17) is 0 Å². The maximum atomic E-state index is 12.7. The molecule has 27 heavy (non-hydrogen) atoms. The molecule has 6 heteroatoms. The van der Waals surface area contributed by atoms with Crippen molar-refractivity contribution >= 4 is 11.6 Å². The smallest absolute Gasteiger partial charge is 0.269 e. The third-order valence-electron chi connectivity index (χ3n) is 4.24. The first-order valence-corrected chi connectivity index (χ1v) is 8.39. The lowest BCUT2D eigenvalue weighted by Gasteiger charge is -2.25. The number of nitro benzene ring substituents is 1. The average molecular weight is 362 g/mol. The number of rotatable bonds is 6. The van der Waals surface area contributed by atoms with E-state index in [1.807, 2.05) is 48.5 Å². The molecule has 3 aromatic carbocycles. The Hall–Kier alpha value is -3.51. The number of non-ortho nitro benzene ring substituents is 1. The number of aliphatic hydroxyl groups is 1. The van der Waals surface area contributed by atoms with E-state index in [9.17, 15) is 20.0 Å². The van der Waals surface area contributed by atoms with Crippen LogP contribution >= 0.6 is 0 Å². The summed E-state index contributed by atoms with van der Waals surface area (Å²) >= 11 is 0. The zero-order chi connectivity index (χ0) is 19.2. The molecule has 0 unspecified atom stereocenters. The molecule has 0 aliphatic heterocycles. The standard InChI is InChI=1S/C21H18N2O4/c24-20(16-9-5-2-6-10-16)19(15-7-3-1-4-8-15)22-21(25)17-11-13-18(14-12-17)23(26)27/h1-14,19-20,24H,(H,22,25)/t19-,20+/m0/s1. The van der Waals surface area contributed by atoms with E-state index in [1.54, 1.807) is 12.1 Å². The molecule has 0 aliphatic carbocycles. The SMILES string of the molecule is O=C(N[C@@H](c1ccccc1)[C@H](O)c1ccccc1)c1ccc([N+](=O)[O-])cc1. The van der Waals surface area contributed by atoms with Crippen molar-refractivity contribution in [2.45, 2.75) is 12.1 Å². The number of nitro groups is 1. The van der Waals surface area contributed by atoms with Crippen LogP contribution in [-0.4, -0.2) is 15.9 Å². The molecule has 0 heterocycles. The summed E-state index contributed by atoms with van der Waals surface area (Å²) in [5, 5.41) is 24.4. The van der Waals surface area contributed by atoms with Gasteiger partial charge in [0.1, 0.15) is 6.10 Å². The minimum atomic E-state index is -0.949. The molecule has 0 spiro atoms. The Bertz CT molecular complexity index is 912. The van der Waals surface area contributed by atoms with Gasteiger partial charge in [0.05, 0.1) is 11.0 Å². The van der Waals surface area contributed by atoms with Gasteiger partial charge in [0.25, 0.3) is 11.6 Å². The molecule has 3 rings (SSSR count). The molecule has 2 atom stereocenters. The van der Waals surface area contributed by atoms with Crippen LogP contribution in [-0.2, 0) is 0 Å². The second-order valence-corrected chi connectivity index (χ2v) is 6.02. The summed E-state index contributed by atoms with van der Waals surface area (Å²) in [5.74, 6) is -0.422. The van der Waals surface area contributed by atoms with E-state index in [2.05, 4.69) is 5.32 Å². The van der Waals surface area contributed by atoms with E-state index in [-0.39, 0.29) is 11.3 Å². The number of hydrogen-bond acceptors (Lipinski definition) is 4. The quantitative estimate of drug-likeness (QED) is 0.515. The molecule has 6 nitrogen and oxygen atoms in total. The highest BCUT2D eigenvalue weighted by Gasteiger charge is 2.25. The number of nitrogens with zero attached hydrogens (tertiary/aromatic N) is 1. The molecule has 0 radical (unpaired) electrons. The number of nitrogens with one attached hydrogen (secondary N) is 1. The zero-order valence-electron chi connectivity index (χ0n) is 14.4. The van der Waals surface area contributed by atoms with E-state index in [0.29, 0.717) is 5.56 Å². The molecule has 136 valence electrons. The predicted molar refractivity (Wildman–Crippen MR) is 101 cm³/mol. The Kier molecular flexibility index (Phi) is 5.58. The van der Waals surface area contributed by atoms with Crippen molar-refractivity contribution in [3.05, 3.63) is 112 Å². The summed E-state index contributed by atoms with van der Waals surface area (Å²) in [6, 6.07) is 22.9. The minimum absolute atomic E-state index is 0.0875. The third-order valence-corrected chi connectivity index (χ3v) is 4.24. The van der Waals surface area contributed by atoms with Crippen molar-refractivity contribution in [1.82, 2.24) is 5.32 Å². The zero-order valence-corrected chi connectivity index (χ0v) is 14.4. The normalized spacial score (nSPS) is 12.8. The van der Waals surface area contributed by atoms with Crippen LogP contribution in [0.3, 0.4) is 0 Å². The summed E-state index contributed by atoms with van der Waals surface area (Å²) in [7, 11) is 0. The number of carbonyl (C=O) groups is 1. The van der Waals surface area contributed by atoms with Gasteiger partial charge in [-0.25, -0.2) is 0 Å². The van der Waals surface area contributed by atoms with E-state index in [1.165, 1.54) is 24.3 Å². The van der Waals surface area contributed by atoms with E-state index >= 15 is 0 Å². The van der Waals surface area contributed by atoms with Gasteiger partial charge in [-0.15, -0.1) is 0 Å². The molecular formula is C21H18N2O4. The van der Waals surface area contributed by atoms with Gasteiger partial charge < -0.3 is 10.4 Å². The molecule has 0 saturated heterocycles. The summed E-state index contributed by atoms with van der Waals surface area (Å²) in [6.45, 7) is 0. The second kappa shape index (κ2) is 8.25. The van der Waals surface area contributed by atoms with Crippen molar-refractivity contribution in [3.63, 3.8) is 0 Å². The monoisotopic (exact) mass is 362 g/mol. The first-order chi connectivity index (χ1) is 13.1. The van der Waals surface area contributed by atoms with E-state index < -0.39 is 23.0 Å². The van der Waals surface area contributed by atoms with Gasteiger partial charge in [-0.1, -0.05) is 60.7 Å². The Labute approximate surface area is 156 Å². The predicted octanol–water partition coefficient (Wildman–Crippen LogP) is 3.80. The summed E-state index contributed by atoms with van der Waals surface area (Å²) < 4.78 is 0. The average Bonchev–Trinajstić information content (AvgIpc) is 2.72. The summed E-state index contributed by atoms with van der Waals surface area (Å²) in [5.41, 5.74) is 1.62. The van der Waals surface area contributed by atoms with Crippen molar-refractivity contribution in [2.75, 3.05) is 0 Å². The Morgan fingerprint density at radius 2 is 1.37 bits per heavy atom. The van der Waals surface area contributed by atoms with Crippen LogP contribution in [0.25, 0.3) is 0 Å². The highest BCUT2D eigenvalue weighted by Crippen LogP contribution is 2.29. The lowest BCUT2D eigenvalue weighted by atomic mass is 9.95. The largest absolute Gasteiger partial charge is 0.386 e. The van der Waals surface area contributed by atoms with Crippen molar-refractivity contribution in [1.29, 1.82) is 0 Å². The molecular weight excluding hydrogens is 344 g/mol. The maximum absolute atomic E-state index is 12.7. The molecule has 0 bridgehead atoms. The molecule has 1 amide bonds. The maximum Gasteiger partial charge on any atom is 0.269 e. The van der Waals surface area contributed by atoms with Gasteiger partial charge in [-0.3, -0.25) is 14.9 Å². The van der Waals surface area contributed by atoms with Crippen LogP contribution in [0.15, 0.2) is 84.9 Å². The van der Waals surface area contributed by atoms with Crippen LogP contribution in [0, 0.1) is 10.1 Å². The van der Waals surface area contributed by atoms with Crippen LogP contribution < -0.4 is 5.32 Å². The summed E-state index contributed by atoms with van der Waals surface area (Å²) in [4.78, 5) is 22.9. The molecule has 0 saturated carbocycles. The Morgan fingerprint density at radius 3 is 1.89 bits per heavy atom. The van der Waals surface area contributed by atoms with Crippen molar-refractivity contribution in [3.8, 4) is 0 Å². The highest BCUT2D eigenvalue weighted by molar-refractivity contribution is 5.94. The molecule has 0 aliphatic rings. The molecule has 2 N–H and O–H groups in total. The Morgan fingerprint density at radius 1 is 0.852 bits per heavy atom. The fraction of sp³-hybridized carbons (Fsp3) is 0.0952. The Balaban J connectivity index is 1.87. The summed E-state index contributed by atoms with van der Waals surface area (Å²) in [6.07, 6.45) is -0.949. The number of hydrogen-bond donors (Lipinski definition) is 2. The fourth-order valence-corrected chi connectivity index (χ4v) is 2.81. The van der Waals surface area contributed by atoms with Gasteiger partial charge in [0.15, 0.2) is 0 Å². The topological polar surface area (TPSA) is 92.5 Å². The number of benzene rings is 3. The van der Waals surface area contributed by atoms with Crippen LogP contribution in [0.2, 0.25) is 0 Å². The number of amides is 1. The third kappa shape index (κ3) is 4.37. The molecule has 0 fully saturated rings. The highest BCUT2D eigenvalue weighted by atomic mass is 16.6. The van der Waals surface area contributed by atoms with Gasteiger partial charge in [0, 0.05) is 17.7 Å². The van der Waals surface area contributed by atoms with Crippen LogP contribution in [0.5, 0.6) is 0 Å². The molecule has 3 aromatic rings. The van der Waals surface area contributed by atoms with Crippen LogP contribution in [0.4, 0.5) is 5.69 Å². The number of carbonyl (C=O) groups excluding carboxylic acids is 1. The van der Waals surface area contributed by atoms with Gasteiger partial charge in [-0.2, -0.15) is 0 Å². The first-order valence-electron chi connectivity index (χ1n) is 8.39. The first kappa shape index (κ1) is 18.3. The second-order valence-electron chi connectivity index (χ2n) is 6.02. The lowest BCUT2D eigenvalue weighted by molar-refractivity contribution is -0.384. The number of aliphatic hydroxyl groups excluding tert-OH is 1. The van der Waals surface area contributed by atoms with Gasteiger partial charge in [0.2, 0.25) is 0 Å². The van der Waals surface area contributed by atoms with Crippen molar-refractivity contribution in [2.24, 2.45) is 0 Å². The van der Waals surface area contributed by atoms with Gasteiger partial charge in [-0.05, 0) is 23.3 Å². The van der Waals surface area contributed by atoms with Gasteiger partial charge >= 0.3 is 0 Å². The van der Waals surface area contributed by atoms with Crippen molar-refractivity contribution < 1.29 is 14.8 Å². The lowest BCUT2D eigenvalue weighted by Crippen LogP contribution is -2.32. The van der Waals surface area contributed by atoms with Crippen LogP contribution in [0.1, 0.15) is 33.6 Å². The fourth-order valence-electron chi connectivity index (χ4n) is 2.81. The molecule has 0 aromatic heterocycles. The van der Waals surface area contributed by atoms with E-state index in [0.717, 1.165) is 5.56 Å².